The smallest absolute Gasteiger partial charge is 0.319 e. The van der Waals surface area contributed by atoms with Crippen LogP contribution in [0.25, 0.3) is 11.3 Å². The molecule has 3 rings (SSSR count). The molecule has 0 fully saturated rings. The Bertz CT molecular complexity index is 1050. The zero-order valence-electron chi connectivity index (χ0n) is 20.4. The van der Waals surface area contributed by atoms with Gasteiger partial charge in [-0.3, -0.25) is 0 Å². The summed E-state index contributed by atoms with van der Waals surface area (Å²) in [5.41, 5.74) is 3.58. The number of unbranched alkanes of at least 4 members (excludes halogenated alkanes) is 2. The summed E-state index contributed by atoms with van der Waals surface area (Å²) >= 11 is 0. The summed E-state index contributed by atoms with van der Waals surface area (Å²) in [7, 11) is 0. The first-order valence-electron chi connectivity index (χ1n) is 12.1. The number of para-hydroxylation sites is 2. The lowest BCUT2D eigenvalue weighted by Crippen LogP contribution is -2.29. The number of ether oxygens (including phenoxy) is 1. The van der Waals surface area contributed by atoms with Gasteiger partial charge < -0.3 is 25.0 Å². The number of anilines is 1. The summed E-state index contributed by atoms with van der Waals surface area (Å²) in [5.74, 6) is 1.28. The number of carbonyl (C=O) groups is 1. The fourth-order valence-corrected chi connectivity index (χ4v) is 3.88. The molecule has 2 amide bonds. The monoisotopic (exact) mass is 464 g/mol. The molecular weight excluding hydrogens is 428 g/mol. The predicted octanol–water partition coefficient (Wildman–Crippen LogP) is 5.52. The lowest BCUT2D eigenvalue weighted by atomic mass is 10.1. The highest BCUT2D eigenvalue weighted by molar-refractivity contribution is 5.90. The Labute approximate surface area is 202 Å². The predicted molar refractivity (Wildman–Crippen MR) is 136 cm³/mol. The molecule has 0 aliphatic rings. The second-order valence-electron chi connectivity index (χ2n) is 8.44. The molecule has 1 heterocycles. The minimum Gasteiger partial charge on any atom is -0.488 e. The standard InChI is InChI=1S/C27H36N4O3/c1-4-5-11-17-28-27(33)29-23-14-9-10-15-24(23)34-20(2)16-18-31-21(3)26(30-25(31)19-32)22-12-7-6-8-13-22/h6-10,12-15,20,32H,4-5,11,16-19H2,1-3H3,(H2,28,29,33). The van der Waals surface area contributed by atoms with Crippen molar-refractivity contribution < 1.29 is 14.6 Å². The van der Waals surface area contributed by atoms with Gasteiger partial charge in [0, 0.05) is 30.8 Å². The molecule has 7 nitrogen and oxygen atoms in total. The molecule has 34 heavy (non-hydrogen) atoms. The average molecular weight is 465 g/mol. The van der Waals surface area contributed by atoms with Crippen molar-refractivity contribution in [1.29, 1.82) is 0 Å². The van der Waals surface area contributed by atoms with Gasteiger partial charge in [0.2, 0.25) is 0 Å². The van der Waals surface area contributed by atoms with E-state index >= 15 is 0 Å². The van der Waals surface area contributed by atoms with E-state index in [1.165, 1.54) is 0 Å². The van der Waals surface area contributed by atoms with Gasteiger partial charge in [-0.15, -0.1) is 0 Å². The second-order valence-corrected chi connectivity index (χ2v) is 8.44. The van der Waals surface area contributed by atoms with Crippen LogP contribution in [0.15, 0.2) is 54.6 Å². The van der Waals surface area contributed by atoms with Crippen molar-refractivity contribution in [3.63, 3.8) is 0 Å². The average Bonchev–Trinajstić information content (AvgIpc) is 3.17. The first kappa shape index (κ1) is 25.3. The maximum absolute atomic E-state index is 12.2. The minimum atomic E-state index is -0.227. The number of hydrogen-bond acceptors (Lipinski definition) is 4. The molecule has 0 aliphatic carbocycles. The Morgan fingerprint density at radius 1 is 1.12 bits per heavy atom. The lowest BCUT2D eigenvalue weighted by molar-refractivity contribution is 0.201. The van der Waals surface area contributed by atoms with Crippen LogP contribution in [0.5, 0.6) is 5.75 Å². The zero-order chi connectivity index (χ0) is 24.3. The molecule has 0 bridgehead atoms. The number of aliphatic hydroxyl groups excluding tert-OH is 1. The maximum atomic E-state index is 12.2. The number of amides is 2. The van der Waals surface area contributed by atoms with Gasteiger partial charge in [0.15, 0.2) is 0 Å². The van der Waals surface area contributed by atoms with E-state index in [2.05, 4.69) is 27.1 Å². The Morgan fingerprint density at radius 2 is 1.85 bits per heavy atom. The molecule has 0 saturated heterocycles. The summed E-state index contributed by atoms with van der Waals surface area (Å²) in [6.45, 7) is 7.36. The van der Waals surface area contributed by atoms with Crippen LogP contribution in [-0.2, 0) is 13.2 Å². The van der Waals surface area contributed by atoms with Crippen molar-refractivity contribution in [2.24, 2.45) is 0 Å². The van der Waals surface area contributed by atoms with Gasteiger partial charge in [-0.05, 0) is 32.4 Å². The van der Waals surface area contributed by atoms with E-state index in [0.29, 0.717) is 30.4 Å². The molecule has 182 valence electrons. The van der Waals surface area contributed by atoms with E-state index in [-0.39, 0.29) is 18.7 Å². The SMILES string of the molecule is CCCCCNC(=O)Nc1ccccc1OC(C)CCn1c(CO)nc(-c2ccccc2)c1C. The molecule has 0 spiro atoms. The highest BCUT2D eigenvalue weighted by Gasteiger charge is 2.16. The Balaban J connectivity index is 1.61. The number of rotatable bonds is 12. The number of hydrogen-bond donors (Lipinski definition) is 3. The Kier molecular flexibility index (Phi) is 9.52. The topological polar surface area (TPSA) is 88.4 Å². The summed E-state index contributed by atoms with van der Waals surface area (Å²) in [4.78, 5) is 16.9. The van der Waals surface area contributed by atoms with E-state index in [1.54, 1.807) is 0 Å². The van der Waals surface area contributed by atoms with Crippen molar-refractivity contribution >= 4 is 11.7 Å². The summed E-state index contributed by atoms with van der Waals surface area (Å²) < 4.78 is 8.23. The van der Waals surface area contributed by atoms with Gasteiger partial charge in [-0.1, -0.05) is 62.2 Å². The summed E-state index contributed by atoms with van der Waals surface area (Å²) in [5, 5.41) is 15.6. The maximum Gasteiger partial charge on any atom is 0.319 e. The molecule has 0 aliphatic heterocycles. The molecule has 1 unspecified atom stereocenters. The van der Waals surface area contributed by atoms with Gasteiger partial charge in [0.1, 0.15) is 18.2 Å². The van der Waals surface area contributed by atoms with Crippen LogP contribution in [0.1, 0.15) is 51.0 Å². The zero-order valence-corrected chi connectivity index (χ0v) is 20.4. The Morgan fingerprint density at radius 3 is 2.59 bits per heavy atom. The fourth-order valence-electron chi connectivity index (χ4n) is 3.88. The fraction of sp³-hybridized carbons (Fsp3) is 0.407. The largest absolute Gasteiger partial charge is 0.488 e. The van der Waals surface area contributed by atoms with E-state index in [4.69, 9.17) is 4.74 Å². The van der Waals surface area contributed by atoms with E-state index < -0.39 is 0 Å². The number of aliphatic hydroxyl groups is 1. The number of carbonyl (C=O) groups excluding carboxylic acids is 1. The van der Waals surface area contributed by atoms with Crippen LogP contribution in [0, 0.1) is 6.92 Å². The number of nitrogens with one attached hydrogen (secondary N) is 2. The minimum absolute atomic E-state index is 0.107. The lowest BCUT2D eigenvalue weighted by Gasteiger charge is -2.19. The van der Waals surface area contributed by atoms with Crippen LogP contribution < -0.4 is 15.4 Å². The third-order valence-corrected chi connectivity index (χ3v) is 5.78. The molecule has 1 aromatic heterocycles. The number of benzene rings is 2. The van der Waals surface area contributed by atoms with Crippen molar-refractivity contribution in [3.8, 4) is 17.0 Å². The molecule has 3 aromatic rings. The highest BCUT2D eigenvalue weighted by atomic mass is 16.5. The molecule has 0 saturated carbocycles. The van der Waals surface area contributed by atoms with Gasteiger partial charge in [-0.2, -0.15) is 0 Å². The normalized spacial score (nSPS) is 11.8. The van der Waals surface area contributed by atoms with Crippen molar-refractivity contribution in [3.05, 3.63) is 66.1 Å². The first-order valence-corrected chi connectivity index (χ1v) is 12.1. The molecular formula is C27H36N4O3. The third-order valence-electron chi connectivity index (χ3n) is 5.78. The number of aromatic nitrogens is 2. The summed E-state index contributed by atoms with van der Waals surface area (Å²) in [6, 6.07) is 17.2. The number of urea groups is 1. The molecule has 7 heteroatoms. The molecule has 2 aromatic carbocycles. The second kappa shape index (κ2) is 12.8. The van der Waals surface area contributed by atoms with Gasteiger partial charge in [-0.25, -0.2) is 9.78 Å². The van der Waals surface area contributed by atoms with Crippen LogP contribution in [-0.4, -0.2) is 33.3 Å². The van der Waals surface area contributed by atoms with Crippen molar-refractivity contribution in [2.45, 2.75) is 65.7 Å². The van der Waals surface area contributed by atoms with Crippen LogP contribution in [0.3, 0.4) is 0 Å². The van der Waals surface area contributed by atoms with Crippen LogP contribution in [0.4, 0.5) is 10.5 Å². The van der Waals surface area contributed by atoms with Gasteiger partial charge in [0.25, 0.3) is 0 Å². The van der Waals surface area contributed by atoms with E-state index in [0.717, 1.165) is 42.6 Å². The van der Waals surface area contributed by atoms with Gasteiger partial charge >= 0.3 is 6.03 Å². The van der Waals surface area contributed by atoms with E-state index in [9.17, 15) is 9.90 Å². The summed E-state index contributed by atoms with van der Waals surface area (Å²) in [6.07, 6.45) is 3.79. The number of nitrogens with zero attached hydrogens (tertiary/aromatic N) is 2. The highest BCUT2D eigenvalue weighted by Crippen LogP contribution is 2.27. The third kappa shape index (κ3) is 6.84. The van der Waals surface area contributed by atoms with Gasteiger partial charge in [0.05, 0.1) is 17.5 Å². The first-order chi connectivity index (χ1) is 16.5. The molecule has 1 atom stereocenters. The van der Waals surface area contributed by atoms with E-state index in [1.807, 2.05) is 68.4 Å². The van der Waals surface area contributed by atoms with Crippen LogP contribution >= 0.6 is 0 Å². The van der Waals surface area contributed by atoms with Crippen molar-refractivity contribution in [2.75, 3.05) is 11.9 Å². The number of imidazole rings is 1. The Hall–Kier alpha value is -3.32. The quantitative estimate of drug-likeness (QED) is 0.308. The molecule has 3 N–H and O–H groups in total. The van der Waals surface area contributed by atoms with Crippen LogP contribution in [0.2, 0.25) is 0 Å². The van der Waals surface area contributed by atoms with Crippen molar-refractivity contribution in [1.82, 2.24) is 14.9 Å². The molecule has 0 radical (unpaired) electrons.